The summed E-state index contributed by atoms with van der Waals surface area (Å²) < 4.78 is 0. The fourth-order valence-corrected chi connectivity index (χ4v) is 3.18. The van der Waals surface area contributed by atoms with Gasteiger partial charge < -0.3 is 0 Å². The lowest BCUT2D eigenvalue weighted by atomic mass is 9.97. The first-order valence-corrected chi connectivity index (χ1v) is 7.25. The lowest BCUT2D eigenvalue weighted by Gasteiger charge is -2.15. The smallest absolute Gasteiger partial charge is 0.0647 e. The highest BCUT2D eigenvalue weighted by Gasteiger charge is 2.13. The summed E-state index contributed by atoms with van der Waals surface area (Å²) >= 11 is 9.92. The second kappa shape index (κ2) is 5.46. The first-order valence-electron chi connectivity index (χ1n) is 5.95. The Hall–Kier alpha value is -0.790. The van der Waals surface area contributed by atoms with Gasteiger partial charge in [-0.05, 0) is 55.2 Å². The lowest BCUT2D eigenvalue weighted by Crippen LogP contribution is -1.97. The average Bonchev–Trinajstić information content (AvgIpc) is 2.30. The lowest BCUT2D eigenvalue weighted by molar-refractivity contribution is 1.13. The topological polar surface area (TPSA) is 0 Å². The van der Waals surface area contributed by atoms with Crippen molar-refractivity contribution < 1.29 is 0 Å². The van der Waals surface area contributed by atoms with Crippen LogP contribution in [0.4, 0.5) is 0 Å². The largest absolute Gasteiger partial charge is 0.0843 e. The zero-order valence-corrected chi connectivity index (χ0v) is 13.1. The first kappa shape index (κ1) is 13.6. The van der Waals surface area contributed by atoms with Gasteiger partial charge in [0.05, 0.1) is 4.83 Å². The third-order valence-corrected chi connectivity index (χ3v) is 4.31. The quantitative estimate of drug-likeness (QED) is 0.617. The van der Waals surface area contributed by atoms with Crippen LogP contribution in [-0.4, -0.2) is 0 Å². The van der Waals surface area contributed by atoms with Crippen molar-refractivity contribution in [3.63, 3.8) is 0 Å². The molecule has 2 heteroatoms. The Labute approximate surface area is 122 Å². The van der Waals surface area contributed by atoms with Gasteiger partial charge >= 0.3 is 0 Å². The van der Waals surface area contributed by atoms with E-state index in [9.17, 15) is 0 Å². The van der Waals surface area contributed by atoms with Crippen molar-refractivity contribution >= 4 is 27.5 Å². The summed E-state index contributed by atoms with van der Waals surface area (Å²) in [7, 11) is 0. The second-order valence-electron chi connectivity index (χ2n) is 4.78. The summed E-state index contributed by atoms with van der Waals surface area (Å²) in [6.45, 7) is 6.32. The predicted octanol–water partition coefficient (Wildman–Crippen LogP) is 5.75. The minimum absolute atomic E-state index is 0.190. The summed E-state index contributed by atoms with van der Waals surface area (Å²) in [6, 6.07) is 12.7. The summed E-state index contributed by atoms with van der Waals surface area (Å²) in [6.07, 6.45) is 0. The van der Waals surface area contributed by atoms with E-state index in [1.54, 1.807) is 0 Å². The molecule has 0 aromatic heterocycles. The van der Waals surface area contributed by atoms with Crippen LogP contribution in [0, 0.1) is 20.8 Å². The standard InChI is InChI=1S/C16H16BrCl/c1-10-4-5-12(3)15(8-10)16(17)13-6-11(2)7-14(18)9-13/h4-9,16H,1-3H3. The number of alkyl halides is 1. The molecule has 18 heavy (non-hydrogen) atoms. The fourth-order valence-electron chi connectivity index (χ4n) is 2.12. The molecule has 0 bridgehead atoms. The van der Waals surface area contributed by atoms with Crippen LogP contribution in [0.25, 0.3) is 0 Å². The third kappa shape index (κ3) is 2.96. The zero-order valence-electron chi connectivity index (χ0n) is 10.8. The Bertz CT molecular complexity index is 555. The van der Waals surface area contributed by atoms with Gasteiger partial charge in [0.25, 0.3) is 0 Å². The maximum Gasteiger partial charge on any atom is 0.0647 e. The molecule has 2 aromatic rings. The minimum Gasteiger partial charge on any atom is -0.0843 e. The van der Waals surface area contributed by atoms with Crippen LogP contribution < -0.4 is 0 Å². The van der Waals surface area contributed by atoms with Gasteiger partial charge in [0.15, 0.2) is 0 Å². The van der Waals surface area contributed by atoms with Crippen molar-refractivity contribution in [1.29, 1.82) is 0 Å². The Morgan fingerprint density at radius 3 is 2.33 bits per heavy atom. The van der Waals surface area contributed by atoms with Gasteiger partial charge in [-0.1, -0.05) is 57.4 Å². The molecule has 0 nitrogen and oxygen atoms in total. The van der Waals surface area contributed by atoms with Gasteiger partial charge in [-0.25, -0.2) is 0 Å². The molecule has 0 spiro atoms. The maximum absolute atomic E-state index is 6.13. The molecule has 0 radical (unpaired) electrons. The van der Waals surface area contributed by atoms with Gasteiger partial charge in [-0.2, -0.15) is 0 Å². The first-order chi connectivity index (χ1) is 8.47. The summed E-state index contributed by atoms with van der Waals surface area (Å²) in [5.41, 5.74) is 6.26. The molecule has 2 rings (SSSR count). The molecule has 0 aliphatic heterocycles. The van der Waals surface area contributed by atoms with Crippen LogP contribution >= 0.6 is 27.5 Å². The number of aryl methyl sites for hydroxylation is 3. The molecular formula is C16H16BrCl. The van der Waals surface area contributed by atoms with Gasteiger partial charge in [-0.3, -0.25) is 0 Å². The molecule has 0 aliphatic carbocycles. The Balaban J connectivity index is 2.47. The Morgan fingerprint density at radius 2 is 1.67 bits per heavy atom. The second-order valence-corrected chi connectivity index (χ2v) is 6.14. The van der Waals surface area contributed by atoms with Crippen molar-refractivity contribution in [2.24, 2.45) is 0 Å². The summed E-state index contributed by atoms with van der Waals surface area (Å²) in [5, 5.41) is 0.791. The Morgan fingerprint density at radius 1 is 0.944 bits per heavy atom. The molecule has 0 aliphatic rings. The van der Waals surface area contributed by atoms with E-state index in [1.165, 1.54) is 27.8 Å². The normalized spacial score (nSPS) is 12.5. The van der Waals surface area contributed by atoms with Crippen LogP contribution in [0.5, 0.6) is 0 Å². The van der Waals surface area contributed by atoms with E-state index < -0.39 is 0 Å². The predicted molar refractivity (Wildman–Crippen MR) is 82.9 cm³/mol. The van der Waals surface area contributed by atoms with Gasteiger partial charge in [-0.15, -0.1) is 0 Å². The number of rotatable bonds is 2. The monoisotopic (exact) mass is 322 g/mol. The number of halogens is 2. The molecule has 0 heterocycles. The van der Waals surface area contributed by atoms with Crippen molar-refractivity contribution in [2.45, 2.75) is 25.6 Å². The molecule has 0 N–H and O–H groups in total. The van der Waals surface area contributed by atoms with E-state index in [0.29, 0.717) is 0 Å². The highest BCUT2D eigenvalue weighted by molar-refractivity contribution is 9.09. The van der Waals surface area contributed by atoms with E-state index in [4.69, 9.17) is 11.6 Å². The van der Waals surface area contributed by atoms with Crippen molar-refractivity contribution in [3.05, 3.63) is 69.2 Å². The molecule has 1 unspecified atom stereocenters. The summed E-state index contributed by atoms with van der Waals surface area (Å²) in [5.74, 6) is 0. The van der Waals surface area contributed by atoms with E-state index in [2.05, 4.69) is 61.0 Å². The van der Waals surface area contributed by atoms with Gasteiger partial charge in [0.1, 0.15) is 0 Å². The van der Waals surface area contributed by atoms with Crippen LogP contribution in [-0.2, 0) is 0 Å². The van der Waals surface area contributed by atoms with Gasteiger partial charge in [0.2, 0.25) is 0 Å². The van der Waals surface area contributed by atoms with E-state index >= 15 is 0 Å². The molecule has 2 aromatic carbocycles. The van der Waals surface area contributed by atoms with Crippen molar-refractivity contribution in [3.8, 4) is 0 Å². The fraction of sp³-hybridized carbons (Fsp3) is 0.250. The molecule has 0 saturated heterocycles. The highest BCUT2D eigenvalue weighted by atomic mass is 79.9. The van der Waals surface area contributed by atoms with Crippen molar-refractivity contribution in [2.75, 3.05) is 0 Å². The Kier molecular flexibility index (Phi) is 4.14. The van der Waals surface area contributed by atoms with Crippen LogP contribution in [0.1, 0.15) is 32.6 Å². The molecule has 0 saturated carbocycles. The van der Waals surface area contributed by atoms with Crippen LogP contribution in [0.2, 0.25) is 5.02 Å². The number of hydrogen-bond donors (Lipinski definition) is 0. The molecule has 94 valence electrons. The van der Waals surface area contributed by atoms with Crippen LogP contribution in [0.15, 0.2) is 36.4 Å². The maximum atomic E-state index is 6.13. The molecular weight excluding hydrogens is 308 g/mol. The molecule has 0 fully saturated rings. The molecule has 0 amide bonds. The minimum atomic E-state index is 0.190. The molecule has 1 atom stereocenters. The average molecular weight is 324 g/mol. The van der Waals surface area contributed by atoms with E-state index in [1.807, 2.05) is 12.1 Å². The highest BCUT2D eigenvalue weighted by Crippen LogP contribution is 2.34. The van der Waals surface area contributed by atoms with Gasteiger partial charge in [0, 0.05) is 5.02 Å². The van der Waals surface area contributed by atoms with E-state index in [0.717, 1.165) is 5.02 Å². The number of benzene rings is 2. The van der Waals surface area contributed by atoms with E-state index in [-0.39, 0.29) is 4.83 Å². The third-order valence-electron chi connectivity index (χ3n) is 3.06. The van der Waals surface area contributed by atoms with Crippen LogP contribution in [0.3, 0.4) is 0 Å². The summed E-state index contributed by atoms with van der Waals surface area (Å²) in [4.78, 5) is 0.190. The zero-order chi connectivity index (χ0) is 13.3. The number of hydrogen-bond acceptors (Lipinski definition) is 0. The van der Waals surface area contributed by atoms with Crippen molar-refractivity contribution in [1.82, 2.24) is 0 Å². The SMILES string of the molecule is Cc1cc(Cl)cc(C(Br)c2cc(C)ccc2C)c1.